The number of hydrogen-bond acceptors (Lipinski definition) is 11. The smallest absolute Gasteiger partial charge is 0.335 e. The minimum absolute atomic E-state index is 0.0854. The molecule has 202 valence electrons. The van der Waals surface area contributed by atoms with Gasteiger partial charge < -0.3 is 51.0 Å². The highest BCUT2D eigenvalue weighted by Gasteiger charge is 2.64. The number of thioether (sulfide) groups is 1. The summed E-state index contributed by atoms with van der Waals surface area (Å²) in [5.74, 6) is -3.74. The van der Waals surface area contributed by atoms with Crippen LogP contribution in [-0.4, -0.2) is 107 Å². The van der Waals surface area contributed by atoms with Crippen LogP contribution >= 0.6 is 11.8 Å². The molecule has 0 spiro atoms. The molecule has 14 nitrogen and oxygen atoms in total. The summed E-state index contributed by atoms with van der Waals surface area (Å²) in [6.45, 7) is 3.44. The summed E-state index contributed by atoms with van der Waals surface area (Å²) in [6.07, 6.45) is -8.84. The van der Waals surface area contributed by atoms with Crippen molar-refractivity contribution in [3.63, 3.8) is 0 Å². The molecular weight excluding hydrogens is 514 g/mol. The lowest BCUT2D eigenvalue weighted by atomic mass is 9.95. The van der Waals surface area contributed by atoms with E-state index in [9.17, 15) is 39.6 Å². The van der Waals surface area contributed by atoms with Gasteiger partial charge in [-0.2, -0.15) is 0 Å². The van der Waals surface area contributed by atoms with Crippen LogP contribution in [0, 0.1) is 0 Å². The Kier molecular flexibility index (Phi) is 7.13. The van der Waals surface area contributed by atoms with Gasteiger partial charge in [-0.3, -0.25) is 9.59 Å². The lowest BCUT2D eigenvalue weighted by molar-refractivity contribution is -0.271. The van der Waals surface area contributed by atoms with Gasteiger partial charge >= 0.3 is 11.9 Å². The van der Waals surface area contributed by atoms with Crippen LogP contribution in [0.2, 0.25) is 0 Å². The summed E-state index contributed by atoms with van der Waals surface area (Å²) in [7, 11) is 0. The number of benzene rings is 1. The number of rotatable bonds is 7. The Bertz CT molecular complexity index is 1100. The maximum atomic E-state index is 12.7. The molecule has 3 saturated heterocycles. The fraction of sp³-hybridized carbons (Fsp3) is 0.545. The largest absolute Gasteiger partial charge is 0.480 e. The molecule has 37 heavy (non-hydrogen) atoms. The van der Waals surface area contributed by atoms with E-state index in [4.69, 9.17) is 20.3 Å². The number of nitrogens with two attached hydrogens (primary N) is 1. The topological polar surface area (TPSA) is 229 Å². The first-order valence-electron chi connectivity index (χ1n) is 11.2. The summed E-state index contributed by atoms with van der Waals surface area (Å²) < 4.78 is 9.74. The van der Waals surface area contributed by atoms with Gasteiger partial charge in [-0.05, 0) is 31.5 Å². The number of carbonyl (C=O) groups is 4. The van der Waals surface area contributed by atoms with Gasteiger partial charge in [-0.15, -0.1) is 11.8 Å². The van der Waals surface area contributed by atoms with Gasteiger partial charge in [0.05, 0.1) is 0 Å². The lowest BCUT2D eigenvalue weighted by Gasteiger charge is -2.43. The molecule has 3 aliphatic heterocycles. The van der Waals surface area contributed by atoms with Crippen LogP contribution in [0.15, 0.2) is 24.3 Å². The summed E-state index contributed by atoms with van der Waals surface area (Å²) >= 11 is 1.29. The van der Waals surface area contributed by atoms with E-state index in [-0.39, 0.29) is 5.75 Å². The molecule has 0 radical (unpaired) electrons. The second-order valence-corrected chi connectivity index (χ2v) is 11.3. The van der Waals surface area contributed by atoms with E-state index >= 15 is 0 Å². The molecule has 0 saturated carbocycles. The molecule has 0 bridgehead atoms. The maximum absolute atomic E-state index is 12.7. The lowest BCUT2D eigenvalue weighted by Crippen LogP contribution is -2.71. The highest BCUT2D eigenvalue weighted by atomic mass is 32.2. The summed E-state index contributed by atoms with van der Waals surface area (Å²) in [6, 6.07) is 2.49. The molecule has 9 atom stereocenters. The molecule has 0 aliphatic carbocycles. The van der Waals surface area contributed by atoms with Crippen LogP contribution in [0.25, 0.3) is 0 Å². The molecule has 1 aromatic rings. The molecule has 3 heterocycles. The van der Waals surface area contributed by atoms with Crippen LogP contribution in [0.5, 0.6) is 5.75 Å². The number of aliphatic carboxylic acids is 2. The first-order valence-corrected chi connectivity index (χ1v) is 12.1. The van der Waals surface area contributed by atoms with E-state index < -0.39 is 82.7 Å². The molecule has 1 unspecified atom stereocenters. The van der Waals surface area contributed by atoms with Gasteiger partial charge in [-0.1, -0.05) is 12.1 Å². The molecule has 8 N–H and O–H groups in total. The number of amides is 2. The standard InChI is InChI=1S/C22H27N3O11S/c1-22(2)15(20(33)34)25-17(30)10(18(25)37-22)24-16(29)9(23)7-3-5-8(6-4-7)35-21-13(28)11(26)12(27)14(36-21)19(31)32/h3-6,9-15,18,21,26-28H,23H2,1-2H3,(H,24,29)(H,31,32)(H,33,34)/t9-,10-,11+,12+,13-,14+,15+,18-,21?/m1/s1. The Morgan fingerprint density at radius 1 is 1.08 bits per heavy atom. The number of fused-ring (bicyclic) bond motifs is 1. The fourth-order valence-electron chi connectivity index (χ4n) is 4.58. The third kappa shape index (κ3) is 4.73. The third-order valence-corrected chi connectivity index (χ3v) is 8.13. The molecule has 4 rings (SSSR count). The van der Waals surface area contributed by atoms with Crippen molar-refractivity contribution in [3.05, 3.63) is 29.8 Å². The molecule has 2 amide bonds. The SMILES string of the molecule is CC1(C)S[C@@H]2[C@H](NC(=O)[C@H](N)c3ccc(OC4O[C@H](C(=O)O)[C@@H](O)[C@H](O)[C@H]4O)cc3)C(=O)N2[C@H]1C(=O)O. The average Bonchev–Trinajstić information content (AvgIpc) is 3.10. The average molecular weight is 542 g/mol. The number of carboxylic acid groups (broad SMARTS) is 2. The Morgan fingerprint density at radius 3 is 2.27 bits per heavy atom. The zero-order valence-corrected chi connectivity index (χ0v) is 20.4. The highest BCUT2D eigenvalue weighted by Crippen LogP contribution is 2.50. The number of aliphatic hydroxyl groups excluding tert-OH is 3. The van der Waals surface area contributed by atoms with E-state index in [1.807, 2.05) is 0 Å². The normalized spacial score (nSPS) is 35.2. The monoisotopic (exact) mass is 541 g/mol. The van der Waals surface area contributed by atoms with Crippen molar-refractivity contribution < 1.29 is 54.2 Å². The van der Waals surface area contributed by atoms with Crippen LogP contribution in [0.3, 0.4) is 0 Å². The number of nitrogens with zero attached hydrogens (tertiary/aromatic N) is 1. The van der Waals surface area contributed by atoms with Gasteiger partial charge in [0.25, 0.3) is 0 Å². The Labute approximate surface area is 214 Å². The van der Waals surface area contributed by atoms with Gasteiger partial charge in [0, 0.05) is 4.75 Å². The van der Waals surface area contributed by atoms with Gasteiger partial charge in [0.2, 0.25) is 18.1 Å². The predicted octanol–water partition coefficient (Wildman–Crippen LogP) is -2.41. The summed E-state index contributed by atoms with van der Waals surface area (Å²) in [5.41, 5.74) is 6.38. The van der Waals surface area contributed by atoms with E-state index in [2.05, 4.69) is 5.32 Å². The molecular formula is C22H27N3O11S. The zero-order valence-electron chi connectivity index (χ0n) is 19.6. The Hall–Kier alpha value is -2.95. The number of hydrogen-bond donors (Lipinski definition) is 7. The van der Waals surface area contributed by atoms with Crippen LogP contribution in [-0.2, 0) is 23.9 Å². The minimum Gasteiger partial charge on any atom is -0.480 e. The Balaban J connectivity index is 1.38. The fourth-order valence-corrected chi connectivity index (χ4v) is 6.20. The van der Waals surface area contributed by atoms with Crippen LogP contribution in [0.4, 0.5) is 0 Å². The van der Waals surface area contributed by atoms with Crippen molar-refractivity contribution in [1.29, 1.82) is 0 Å². The minimum atomic E-state index is -1.86. The third-order valence-electron chi connectivity index (χ3n) is 6.56. The van der Waals surface area contributed by atoms with Crippen molar-refractivity contribution in [2.45, 2.75) is 72.8 Å². The number of nitrogens with one attached hydrogen (secondary N) is 1. The molecule has 1 aromatic carbocycles. The molecule has 0 aromatic heterocycles. The van der Waals surface area contributed by atoms with Crippen molar-refractivity contribution in [2.24, 2.45) is 5.73 Å². The quantitative estimate of drug-likeness (QED) is 0.179. The summed E-state index contributed by atoms with van der Waals surface area (Å²) in [5, 5.41) is 50.4. The van der Waals surface area contributed by atoms with Crippen LogP contribution in [0.1, 0.15) is 25.5 Å². The maximum Gasteiger partial charge on any atom is 0.335 e. The molecule has 15 heteroatoms. The number of β-lactam (4-membered cyclic amide) rings is 1. The van der Waals surface area contributed by atoms with Crippen LogP contribution < -0.4 is 15.8 Å². The number of carboxylic acids is 2. The Morgan fingerprint density at radius 2 is 1.70 bits per heavy atom. The first kappa shape index (κ1) is 27.1. The first-order chi connectivity index (χ1) is 17.2. The van der Waals surface area contributed by atoms with E-state index in [0.29, 0.717) is 5.56 Å². The van der Waals surface area contributed by atoms with E-state index in [1.54, 1.807) is 13.8 Å². The second kappa shape index (κ2) is 9.74. The van der Waals surface area contributed by atoms with Crippen molar-refractivity contribution in [3.8, 4) is 5.75 Å². The highest BCUT2D eigenvalue weighted by molar-refractivity contribution is 8.01. The van der Waals surface area contributed by atoms with Crippen molar-refractivity contribution in [2.75, 3.05) is 0 Å². The van der Waals surface area contributed by atoms with Gasteiger partial charge in [0.15, 0.2) is 6.10 Å². The number of ether oxygens (including phenoxy) is 2. The van der Waals surface area contributed by atoms with Crippen molar-refractivity contribution >= 4 is 35.5 Å². The second-order valence-electron chi connectivity index (χ2n) is 9.48. The molecule has 3 aliphatic rings. The van der Waals surface area contributed by atoms with E-state index in [1.165, 1.54) is 40.9 Å². The van der Waals surface area contributed by atoms with Gasteiger partial charge in [0.1, 0.15) is 47.6 Å². The van der Waals surface area contributed by atoms with Crippen molar-refractivity contribution in [1.82, 2.24) is 10.2 Å². The predicted molar refractivity (Wildman–Crippen MR) is 124 cm³/mol. The van der Waals surface area contributed by atoms with E-state index in [0.717, 1.165) is 0 Å². The summed E-state index contributed by atoms with van der Waals surface area (Å²) in [4.78, 5) is 49.4. The number of carbonyl (C=O) groups excluding carboxylic acids is 2. The zero-order chi connectivity index (χ0) is 27.4. The number of aliphatic hydroxyl groups is 3. The molecule has 3 fully saturated rings. The van der Waals surface area contributed by atoms with Gasteiger partial charge in [-0.25, -0.2) is 9.59 Å².